The van der Waals surface area contributed by atoms with Gasteiger partial charge in [0.2, 0.25) is 5.91 Å². The monoisotopic (exact) mass is 224 g/mol. The second-order valence-corrected chi connectivity index (χ2v) is 5.86. The van der Waals surface area contributed by atoms with E-state index in [1.54, 1.807) is 6.08 Å². The number of hydrogen-bond acceptors (Lipinski definition) is 2. The van der Waals surface area contributed by atoms with Gasteiger partial charge in [-0.1, -0.05) is 6.08 Å². The molecule has 1 fully saturated rings. The first-order valence-electron chi connectivity index (χ1n) is 5.99. The standard InChI is InChI=1S/C13H24N2O/c1-5-9-15(12(2,3)4)11(16)10-13(14)7-6-8-13/h5H,1,6-10,14H2,2-4H3. The fraction of sp³-hybridized carbons (Fsp3) is 0.769. The summed E-state index contributed by atoms with van der Waals surface area (Å²) in [4.78, 5) is 14.0. The van der Waals surface area contributed by atoms with Gasteiger partial charge >= 0.3 is 0 Å². The molecule has 0 aromatic heterocycles. The Labute approximate surface area is 98.7 Å². The minimum Gasteiger partial charge on any atom is -0.334 e. The Bertz CT molecular complexity index is 274. The Morgan fingerprint density at radius 2 is 2.06 bits per heavy atom. The number of rotatable bonds is 4. The summed E-state index contributed by atoms with van der Waals surface area (Å²) < 4.78 is 0. The predicted octanol–water partition coefficient (Wildman–Crippen LogP) is 2.07. The third kappa shape index (κ3) is 3.08. The number of hydrogen-bond donors (Lipinski definition) is 1. The van der Waals surface area contributed by atoms with Crippen molar-refractivity contribution in [2.45, 2.75) is 57.5 Å². The maximum absolute atomic E-state index is 12.2. The lowest BCUT2D eigenvalue weighted by Crippen LogP contribution is -2.53. The summed E-state index contributed by atoms with van der Waals surface area (Å²) in [7, 11) is 0. The fourth-order valence-electron chi connectivity index (χ4n) is 2.08. The van der Waals surface area contributed by atoms with E-state index in [1.807, 2.05) is 25.7 Å². The Kier molecular flexibility index (Phi) is 3.79. The number of carbonyl (C=O) groups excluding carboxylic acids is 1. The highest BCUT2D eigenvalue weighted by Gasteiger charge is 2.37. The van der Waals surface area contributed by atoms with Crippen LogP contribution in [0, 0.1) is 0 Å². The van der Waals surface area contributed by atoms with Crippen molar-refractivity contribution < 1.29 is 4.79 Å². The van der Waals surface area contributed by atoms with Crippen molar-refractivity contribution in [2.24, 2.45) is 5.73 Å². The van der Waals surface area contributed by atoms with E-state index in [-0.39, 0.29) is 17.0 Å². The Morgan fingerprint density at radius 3 is 2.38 bits per heavy atom. The van der Waals surface area contributed by atoms with Gasteiger partial charge in [-0.2, -0.15) is 0 Å². The first-order chi connectivity index (χ1) is 7.28. The van der Waals surface area contributed by atoms with E-state index in [1.165, 1.54) is 0 Å². The van der Waals surface area contributed by atoms with Crippen LogP contribution in [0.2, 0.25) is 0 Å². The summed E-state index contributed by atoms with van der Waals surface area (Å²) in [6, 6.07) is 0. The summed E-state index contributed by atoms with van der Waals surface area (Å²) >= 11 is 0. The molecule has 1 amide bonds. The summed E-state index contributed by atoms with van der Waals surface area (Å²) in [5.74, 6) is 0.148. The highest BCUT2D eigenvalue weighted by Crippen LogP contribution is 2.33. The number of nitrogens with zero attached hydrogens (tertiary/aromatic N) is 1. The van der Waals surface area contributed by atoms with Gasteiger partial charge in [0.15, 0.2) is 0 Å². The fourth-order valence-corrected chi connectivity index (χ4v) is 2.08. The third-order valence-corrected chi connectivity index (χ3v) is 3.28. The Balaban J connectivity index is 2.64. The number of amides is 1. The lowest BCUT2D eigenvalue weighted by atomic mass is 9.75. The highest BCUT2D eigenvalue weighted by molar-refractivity contribution is 5.78. The molecule has 1 rings (SSSR count). The summed E-state index contributed by atoms with van der Waals surface area (Å²) in [6.07, 6.45) is 5.35. The van der Waals surface area contributed by atoms with Gasteiger partial charge in [-0.15, -0.1) is 6.58 Å². The van der Waals surface area contributed by atoms with E-state index in [2.05, 4.69) is 6.58 Å². The van der Waals surface area contributed by atoms with E-state index in [4.69, 9.17) is 5.73 Å². The van der Waals surface area contributed by atoms with Gasteiger partial charge in [0.05, 0.1) is 0 Å². The second-order valence-electron chi connectivity index (χ2n) is 5.86. The molecular weight excluding hydrogens is 200 g/mol. The van der Waals surface area contributed by atoms with Gasteiger partial charge < -0.3 is 10.6 Å². The smallest absolute Gasteiger partial charge is 0.225 e. The van der Waals surface area contributed by atoms with Crippen LogP contribution < -0.4 is 5.73 Å². The molecule has 0 unspecified atom stereocenters. The van der Waals surface area contributed by atoms with Crippen molar-refractivity contribution in [3.63, 3.8) is 0 Å². The van der Waals surface area contributed by atoms with Crippen LogP contribution in [0.3, 0.4) is 0 Å². The molecular formula is C13H24N2O. The van der Waals surface area contributed by atoms with Crippen LogP contribution in [0.1, 0.15) is 46.5 Å². The van der Waals surface area contributed by atoms with Gasteiger partial charge in [-0.3, -0.25) is 4.79 Å². The van der Waals surface area contributed by atoms with Gasteiger partial charge in [0.25, 0.3) is 0 Å². The van der Waals surface area contributed by atoms with Crippen molar-refractivity contribution >= 4 is 5.91 Å². The van der Waals surface area contributed by atoms with Gasteiger partial charge in [0.1, 0.15) is 0 Å². The van der Waals surface area contributed by atoms with Gasteiger partial charge in [-0.05, 0) is 40.0 Å². The molecule has 1 aliphatic carbocycles. The van der Waals surface area contributed by atoms with E-state index in [0.29, 0.717) is 13.0 Å². The van der Waals surface area contributed by atoms with Crippen LogP contribution in [-0.4, -0.2) is 28.4 Å². The molecule has 3 heteroatoms. The van der Waals surface area contributed by atoms with Crippen molar-refractivity contribution in [3.05, 3.63) is 12.7 Å². The molecule has 0 saturated heterocycles. The minimum absolute atomic E-state index is 0.148. The first kappa shape index (κ1) is 13.2. The van der Waals surface area contributed by atoms with Crippen LogP contribution in [0.15, 0.2) is 12.7 Å². The average Bonchev–Trinajstić information content (AvgIpc) is 2.09. The topological polar surface area (TPSA) is 46.3 Å². The lowest BCUT2D eigenvalue weighted by Gasteiger charge is -2.42. The molecule has 3 nitrogen and oxygen atoms in total. The molecule has 2 N–H and O–H groups in total. The SMILES string of the molecule is C=CCN(C(=O)CC1(N)CCC1)C(C)(C)C. The van der Waals surface area contributed by atoms with Crippen molar-refractivity contribution in [1.29, 1.82) is 0 Å². The summed E-state index contributed by atoms with van der Waals surface area (Å²) in [6.45, 7) is 10.4. The zero-order valence-electron chi connectivity index (χ0n) is 10.8. The van der Waals surface area contributed by atoms with Crippen LogP contribution in [0.4, 0.5) is 0 Å². The van der Waals surface area contributed by atoms with Crippen LogP contribution in [0.5, 0.6) is 0 Å². The maximum atomic E-state index is 12.2. The van der Waals surface area contributed by atoms with Crippen molar-refractivity contribution in [2.75, 3.05) is 6.54 Å². The third-order valence-electron chi connectivity index (χ3n) is 3.28. The number of carbonyl (C=O) groups is 1. The molecule has 0 aliphatic heterocycles. The molecule has 0 aromatic rings. The molecule has 0 bridgehead atoms. The molecule has 0 spiro atoms. The average molecular weight is 224 g/mol. The molecule has 16 heavy (non-hydrogen) atoms. The summed E-state index contributed by atoms with van der Waals surface area (Å²) in [5.41, 5.74) is 5.71. The quantitative estimate of drug-likeness (QED) is 0.743. The summed E-state index contributed by atoms with van der Waals surface area (Å²) in [5, 5.41) is 0. The predicted molar refractivity (Wildman–Crippen MR) is 67.0 cm³/mol. The van der Waals surface area contributed by atoms with E-state index < -0.39 is 0 Å². The first-order valence-corrected chi connectivity index (χ1v) is 5.99. The molecule has 1 saturated carbocycles. The maximum Gasteiger partial charge on any atom is 0.225 e. The molecule has 0 heterocycles. The Morgan fingerprint density at radius 1 is 1.50 bits per heavy atom. The molecule has 0 aromatic carbocycles. The number of nitrogens with two attached hydrogens (primary N) is 1. The highest BCUT2D eigenvalue weighted by atomic mass is 16.2. The normalized spacial score (nSPS) is 18.8. The van der Waals surface area contributed by atoms with Crippen molar-refractivity contribution in [3.8, 4) is 0 Å². The zero-order chi connectivity index (χ0) is 12.4. The lowest BCUT2D eigenvalue weighted by molar-refractivity contribution is -0.137. The second kappa shape index (κ2) is 4.58. The molecule has 1 aliphatic rings. The largest absolute Gasteiger partial charge is 0.334 e. The van der Waals surface area contributed by atoms with Crippen molar-refractivity contribution in [1.82, 2.24) is 4.90 Å². The van der Waals surface area contributed by atoms with E-state index in [0.717, 1.165) is 19.3 Å². The van der Waals surface area contributed by atoms with Crippen LogP contribution in [0.25, 0.3) is 0 Å². The van der Waals surface area contributed by atoms with Gasteiger partial charge in [-0.25, -0.2) is 0 Å². The molecule has 92 valence electrons. The molecule has 0 radical (unpaired) electrons. The van der Waals surface area contributed by atoms with E-state index >= 15 is 0 Å². The molecule has 0 atom stereocenters. The van der Waals surface area contributed by atoms with Crippen LogP contribution in [-0.2, 0) is 4.79 Å². The Hall–Kier alpha value is -0.830. The van der Waals surface area contributed by atoms with Gasteiger partial charge in [0, 0.05) is 24.0 Å². The minimum atomic E-state index is -0.234. The zero-order valence-corrected chi connectivity index (χ0v) is 10.8. The van der Waals surface area contributed by atoms with Crippen LogP contribution >= 0.6 is 0 Å². The van der Waals surface area contributed by atoms with E-state index in [9.17, 15) is 4.79 Å².